The molecule has 0 aliphatic rings. The van der Waals surface area contributed by atoms with Gasteiger partial charge in [-0.1, -0.05) is 15.9 Å². The third-order valence-electron chi connectivity index (χ3n) is 1.80. The molecule has 0 aromatic heterocycles. The highest BCUT2D eigenvalue weighted by Crippen LogP contribution is 2.14. The lowest BCUT2D eigenvalue weighted by atomic mass is 10.2. The van der Waals surface area contributed by atoms with Crippen LogP contribution in [0.5, 0.6) is 0 Å². The van der Waals surface area contributed by atoms with E-state index in [1.807, 2.05) is 0 Å². The summed E-state index contributed by atoms with van der Waals surface area (Å²) in [5, 5.41) is 2.60. The quantitative estimate of drug-likeness (QED) is 0.879. The van der Waals surface area contributed by atoms with Crippen molar-refractivity contribution in [2.75, 3.05) is 0 Å². The third kappa shape index (κ3) is 3.97. The van der Waals surface area contributed by atoms with Gasteiger partial charge in [-0.3, -0.25) is 4.79 Å². The average molecular weight is 275 g/mol. The van der Waals surface area contributed by atoms with Crippen LogP contribution < -0.4 is 11.1 Å². The molecule has 5 heteroatoms. The lowest BCUT2D eigenvalue weighted by Gasteiger charge is -2.08. The summed E-state index contributed by atoms with van der Waals surface area (Å²) in [5.41, 5.74) is 6.06. The van der Waals surface area contributed by atoms with Crippen molar-refractivity contribution in [3.63, 3.8) is 0 Å². The van der Waals surface area contributed by atoms with E-state index in [1.54, 1.807) is 13.0 Å². The molecule has 0 bridgehead atoms. The number of hydrogen-bond acceptors (Lipinski definition) is 2. The molecule has 1 rings (SSSR count). The predicted octanol–water partition coefficient (Wildman–Crippen LogP) is 1.55. The Morgan fingerprint density at radius 3 is 2.80 bits per heavy atom. The van der Waals surface area contributed by atoms with Crippen molar-refractivity contribution in [1.29, 1.82) is 0 Å². The van der Waals surface area contributed by atoms with Crippen LogP contribution in [0, 0.1) is 5.82 Å². The van der Waals surface area contributed by atoms with Gasteiger partial charge in [0.15, 0.2) is 0 Å². The molecule has 1 amide bonds. The highest BCUT2D eigenvalue weighted by atomic mass is 79.9. The zero-order chi connectivity index (χ0) is 11.4. The van der Waals surface area contributed by atoms with E-state index in [-0.39, 0.29) is 18.3 Å². The van der Waals surface area contributed by atoms with Crippen molar-refractivity contribution in [3.8, 4) is 0 Å². The van der Waals surface area contributed by atoms with Gasteiger partial charge >= 0.3 is 0 Å². The second-order valence-electron chi connectivity index (χ2n) is 3.28. The van der Waals surface area contributed by atoms with Crippen LogP contribution >= 0.6 is 15.9 Å². The Bertz CT molecular complexity index is 348. The number of nitrogens with one attached hydrogen (secondary N) is 1. The first kappa shape index (κ1) is 12.1. The number of nitrogens with two attached hydrogens (primary N) is 1. The zero-order valence-electron chi connectivity index (χ0n) is 8.26. The van der Waals surface area contributed by atoms with Crippen LogP contribution in [0.25, 0.3) is 0 Å². The van der Waals surface area contributed by atoms with Crippen LogP contribution in [0.3, 0.4) is 0 Å². The third-order valence-corrected chi connectivity index (χ3v) is 2.26. The number of benzene rings is 1. The van der Waals surface area contributed by atoms with E-state index < -0.39 is 6.04 Å². The molecular weight excluding hydrogens is 263 g/mol. The Morgan fingerprint density at radius 1 is 1.60 bits per heavy atom. The molecule has 0 radical (unpaired) electrons. The lowest BCUT2D eigenvalue weighted by molar-refractivity contribution is -0.122. The minimum Gasteiger partial charge on any atom is -0.351 e. The summed E-state index contributed by atoms with van der Waals surface area (Å²) in [5.74, 6) is -0.593. The molecule has 0 heterocycles. The summed E-state index contributed by atoms with van der Waals surface area (Å²) < 4.78 is 13.6. The molecule has 0 saturated carbocycles. The van der Waals surface area contributed by atoms with E-state index in [9.17, 15) is 9.18 Å². The minimum absolute atomic E-state index is 0.254. The molecule has 0 fully saturated rings. The molecule has 82 valence electrons. The van der Waals surface area contributed by atoms with Gasteiger partial charge in [-0.05, 0) is 30.7 Å². The first-order valence-electron chi connectivity index (χ1n) is 4.47. The number of hydrogen-bond donors (Lipinski definition) is 2. The SMILES string of the molecule is CC(N)C(=O)NCc1cc(F)cc(Br)c1. The van der Waals surface area contributed by atoms with Gasteiger partial charge < -0.3 is 11.1 Å². The Balaban J connectivity index is 2.61. The Kier molecular flexibility index (Phi) is 4.23. The van der Waals surface area contributed by atoms with Crippen molar-refractivity contribution in [1.82, 2.24) is 5.32 Å². The monoisotopic (exact) mass is 274 g/mol. The standard InChI is InChI=1S/C10H12BrFN2O/c1-6(13)10(15)14-5-7-2-8(11)4-9(12)3-7/h2-4,6H,5,13H2,1H3,(H,14,15). The number of carbonyl (C=O) groups excluding carboxylic acids is 1. The van der Waals surface area contributed by atoms with Gasteiger partial charge in [0.05, 0.1) is 6.04 Å². The molecule has 3 N–H and O–H groups in total. The summed E-state index contributed by atoms with van der Waals surface area (Å²) in [6.45, 7) is 1.87. The number of amides is 1. The zero-order valence-corrected chi connectivity index (χ0v) is 9.84. The van der Waals surface area contributed by atoms with Crippen LogP contribution in [-0.2, 0) is 11.3 Å². The second-order valence-corrected chi connectivity index (χ2v) is 4.20. The Morgan fingerprint density at radius 2 is 2.27 bits per heavy atom. The van der Waals surface area contributed by atoms with Gasteiger partial charge in [-0.2, -0.15) is 0 Å². The van der Waals surface area contributed by atoms with Crippen molar-refractivity contribution in [2.24, 2.45) is 5.73 Å². The average Bonchev–Trinajstić information content (AvgIpc) is 2.12. The normalized spacial score (nSPS) is 12.3. The highest BCUT2D eigenvalue weighted by Gasteiger charge is 2.06. The number of rotatable bonds is 3. The predicted molar refractivity (Wildman–Crippen MR) is 59.6 cm³/mol. The van der Waals surface area contributed by atoms with E-state index in [0.29, 0.717) is 10.0 Å². The molecule has 0 aliphatic heterocycles. The molecule has 1 unspecified atom stereocenters. The summed E-state index contributed by atoms with van der Waals surface area (Å²) in [6.07, 6.45) is 0. The molecule has 1 aromatic carbocycles. The van der Waals surface area contributed by atoms with Crippen molar-refractivity contribution >= 4 is 21.8 Å². The topological polar surface area (TPSA) is 55.1 Å². The molecule has 0 spiro atoms. The molecular formula is C10H12BrFN2O. The largest absolute Gasteiger partial charge is 0.351 e. The van der Waals surface area contributed by atoms with Crippen molar-refractivity contribution in [2.45, 2.75) is 19.5 Å². The first-order valence-corrected chi connectivity index (χ1v) is 5.26. The van der Waals surface area contributed by atoms with E-state index >= 15 is 0 Å². The fraction of sp³-hybridized carbons (Fsp3) is 0.300. The van der Waals surface area contributed by atoms with Gasteiger partial charge in [0.25, 0.3) is 0 Å². The molecule has 0 aliphatic carbocycles. The Labute approximate surface area is 96.0 Å². The number of halogens is 2. The van der Waals surface area contributed by atoms with Crippen LogP contribution in [0.15, 0.2) is 22.7 Å². The molecule has 1 aromatic rings. The van der Waals surface area contributed by atoms with Gasteiger partial charge in [-0.15, -0.1) is 0 Å². The van der Waals surface area contributed by atoms with E-state index in [2.05, 4.69) is 21.2 Å². The number of carbonyl (C=O) groups is 1. The smallest absolute Gasteiger partial charge is 0.236 e. The van der Waals surface area contributed by atoms with Crippen LogP contribution in [0.4, 0.5) is 4.39 Å². The fourth-order valence-electron chi connectivity index (χ4n) is 1.06. The Hall–Kier alpha value is -0.940. The van der Waals surface area contributed by atoms with Crippen LogP contribution in [0.1, 0.15) is 12.5 Å². The van der Waals surface area contributed by atoms with Gasteiger partial charge in [0, 0.05) is 11.0 Å². The molecule has 0 saturated heterocycles. The summed E-state index contributed by atoms with van der Waals surface area (Å²) in [4.78, 5) is 11.1. The highest BCUT2D eigenvalue weighted by molar-refractivity contribution is 9.10. The molecule has 1 atom stereocenters. The maximum Gasteiger partial charge on any atom is 0.236 e. The first-order chi connectivity index (χ1) is 6.99. The maximum absolute atomic E-state index is 12.9. The lowest BCUT2D eigenvalue weighted by Crippen LogP contribution is -2.37. The van der Waals surface area contributed by atoms with Crippen LogP contribution in [-0.4, -0.2) is 11.9 Å². The maximum atomic E-state index is 12.9. The van der Waals surface area contributed by atoms with Gasteiger partial charge in [0.1, 0.15) is 5.82 Å². The molecule has 15 heavy (non-hydrogen) atoms. The molecule has 3 nitrogen and oxygen atoms in total. The fourth-order valence-corrected chi connectivity index (χ4v) is 1.58. The van der Waals surface area contributed by atoms with Gasteiger partial charge in [0.2, 0.25) is 5.91 Å². The second kappa shape index (κ2) is 5.23. The van der Waals surface area contributed by atoms with Crippen LogP contribution in [0.2, 0.25) is 0 Å². The summed E-state index contributed by atoms with van der Waals surface area (Å²) in [7, 11) is 0. The van der Waals surface area contributed by atoms with E-state index in [0.717, 1.165) is 0 Å². The summed E-state index contributed by atoms with van der Waals surface area (Å²) in [6, 6.07) is 3.91. The summed E-state index contributed by atoms with van der Waals surface area (Å²) >= 11 is 3.17. The van der Waals surface area contributed by atoms with E-state index in [1.165, 1.54) is 12.1 Å². The van der Waals surface area contributed by atoms with E-state index in [4.69, 9.17) is 5.73 Å². The van der Waals surface area contributed by atoms with Crippen molar-refractivity contribution < 1.29 is 9.18 Å². The minimum atomic E-state index is -0.554. The van der Waals surface area contributed by atoms with Crippen molar-refractivity contribution in [3.05, 3.63) is 34.1 Å². The van der Waals surface area contributed by atoms with Gasteiger partial charge in [-0.25, -0.2) is 4.39 Å².